The van der Waals surface area contributed by atoms with Crippen molar-refractivity contribution in [2.24, 2.45) is 11.8 Å². The molecule has 4 heterocycles. The van der Waals surface area contributed by atoms with Gasteiger partial charge in [-0.1, -0.05) is 26.0 Å². The third kappa shape index (κ3) is 9.13. The lowest BCUT2D eigenvalue weighted by Gasteiger charge is -2.31. The number of benzene rings is 2. The maximum absolute atomic E-state index is 13.9. The number of aliphatic hydroxyl groups excluding tert-OH is 1. The van der Waals surface area contributed by atoms with Crippen molar-refractivity contribution < 1.29 is 56.3 Å². The van der Waals surface area contributed by atoms with Gasteiger partial charge < -0.3 is 43.6 Å². The topological polar surface area (TPSA) is 190 Å². The van der Waals surface area contributed by atoms with Gasteiger partial charge >= 0.3 is 12.1 Å². The van der Waals surface area contributed by atoms with E-state index in [-0.39, 0.29) is 37.2 Å². The fraction of sp³-hybridized carbons (Fsp3) is 0.514. The number of hydrogen-bond acceptors (Lipinski definition) is 15. The first-order valence-electron chi connectivity index (χ1n) is 17.0. The van der Waals surface area contributed by atoms with Gasteiger partial charge in [-0.25, -0.2) is 23.0 Å². The summed E-state index contributed by atoms with van der Waals surface area (Å²) in [5, 5.41) is 17.3. The minimum atomic E-state index is -4.00. The molecule has 3 aromatic rings. The van der Waals surface area contributed by atoms with Crippen molar-refractivity contribution in [1.29, 1.82) is 0 Å². The molecule has 282 valence electrons. The van der Waals surface area contributed by atoms with Gasteiger partial charge in [-0.05, 0) is 55.5 Å². The number of ether oxygens (including phenoxy) is 7. The highest BCUT2D eigenvalue weighted by molar-refractivity contribution is 7.92. The predicted molar refractivity (Wildman–Crippen MR) is 186 cm³/mol. The van der Waals surface area contributed by atoms with E-state index >= 15 is 0 Å². The van der Waals surface area contributed by atoms with Crippen LogP contribution in [0.2, 0.25) is 0 Å². The van der Waals surface area contributed by atoms with Crippen LogP contribution in [0.5, 0.6) is 17.2 Å². The summed E-state index contributed by atoms with van der Waals surface area (Å²) in [6.45, 7) is 5.24. The molecular formula is C35H43N3O12S2. The van der Waals surface area contributed by atoms with Gasteiger partial charge in [-0.2, -0.15) is 0 Å². The first kappa shape index (κ1) is 37.7. The number of sulfone groups is 1. The predicted octanol–water partition coefficient (Wildman–Crippen LogP) is 3.11. The zero-order valence-electron chi connectivity index (χ0n) is 29.0. The summed E-state index contributed by atoms with van der Waals surface area (Å²) in [7, 11) is -4.00. The smallest absolute Gasteiger partial charge is 0.407 e. The van der Waals surface area contributed by atoms with E-state index in [1.165, 1.54) is 29.5 Å². The van der Waals surface area contributed by atoms with E-state index in [1.54, 1.807) is 26.0 Å². The van der Waals surface area contributed by atoms with Crippen molar-refractivity contribution in [3.63, 3.8) is 0 Å². The molecule has 3 N–H and O–H groups in total. The van der Waals surface area contributed by atoms with Crippen molar-refractivity contribution in [3.05, 3.63) is 64.1 Å². The van der Waals surface area contributed by atoms with Gasteiger partial charge in [0.05, 0.1) is 40.8 Å². The Morgan fingerprint density at radius 2 is 1.88 bits per heavy atom. The number of carbonyl (C=O) groups is 2. The number of aliphatic hydroxyl groups is 1. The molecular weight excluding hydrogens is 719 g/mol. The molecule has 0 spiro atoms. The Morgan fingerprint density at radius 3 is 2.62 bits per heavy atom. The van der Waals surface area contributed by atoms with E-state index < -0.39 is 64.3 Å². The molecule has 1 aromatic heterocycles. The third-order valence-electron chi connectivity index (χ3n) is 8.97. The Balaban J connectivity index is 1.21. The third-order valence-corrected chi connectivity index (χ3v) is 12.1. The average molecular weight is 762 g/mol. The molecule has 0 radical (unpaired) electrons. The fourth-order valence-corrected chi connectivity index (χ4v) is 8.81. The summed E-state index contributed by atoms with van der Waals surface area (Å²) >= 11 is 1.54. The Bertz CT molecular complexity index is 1800. The number of alkyl carbamates (subject to hydrolysis) is 1. The van der Waals surface area contributed by atoms with Crippen LogP contribution < -0.4 is 24.8 Å². The molecule has 3 aliphatic rings. The molecule has 2 fully saturated rings. The maximum Gasteiger partial charge on any atom is 0.407 e. The zero-order chi connectivity index (χ0) is 36.8. The van der Waals surface area contributed by atoms with E-state index in [1.807, 2.05) is 24.4 Å². The average Bonchev–Trinajstić information content (AvgIpc) is 3.93. The molecule has 6 atom stereocenters. The second-order valence-electron chi connectivity index (χ2n) is 13.0. The first-order valence-corrected chi connectivity index (χ1v) is 19.4. The lowest BCUT2D eigenvalue weighted by molar-refractivity contribution is -0.153. The summed E-state index contributed by atoms with van der Waals surface area (Å²) in [4.78, 5) is 30.4. The Labute approximate surface area is 305 Å². The molecule has 15 nitrogen and oxygen atoms in total. The Kier molecular flexibility index (Phi) is 12.2. The van der Waals surface area contributed by atoms with Crippen LogP contribution in [0.15, 0.2) is 52.7 Å². The minimum Gasteiger partial charge on any atom is -0.487 e. The van der Waals surface area contributed by atoms with Gasteiger partial charge in [0.2, 0.25) is 6.79 Å². The van der Waals surface area contributed by atoms with Gasteiger partial charge in [0, 0.05) is 18.0 Å². The minimum absolute atomic E-state index is 0.00965. The van der Waals surface area contributed by atoms with Gasteiger partial charge in [-0.3, -0.25) is 5.32 Å². The Hall–Kier alpha value is -4.00. The molecule has 2 saturated heterocycles. The molecule has 2 aromatic carbocycles. The second kappa shape index (κ2) is 16.8. The van der Waals surface area contributed by atoms with E-state index in [2.05, 4.69) is 15.6 Å². The lowest BCUT2D eigenvalue weighted by atomic mass is 10.0. The van der Waals surface area contributed by atoms with E-state index in [0.29, 0.717) is 36.9 Å². The van der Waals surface area contributed by atoms with Crippen LogP contribution in [0.3, 0.4) is 0 Å². The van der Waals surface area contributed by atoms with E-state index in [4.69, 9.17) is 33.2 Å². The van der Waals surface area contributed by atoms with Crippen LogP contribution in [-0.2, 0) is 46.6 Å². The van der Waals surface area contributed by atoms with Crippen molar-refractivity contribution in [2.75, 3.05) is 33.2 Å². The number of carbonyl (C=O) groups excluding carboxylic acids is 2. The monoisotopic (exact) mass is 761 g/mol. The van der Waals surface area contributed by atoms with Crippen molar-refractivity contribution in [2.45, 2.75) is 75.0 Å². The number of thiazole rings is 1. The largest absolute Gasteiger partial charge is 0.487 e. The second-order valence-corrected chi connectivity index (χ2v) is 16.2. The standard InChI is InChI=1S/C35H43N3O12S2/c1-20(2)33(52(42,43)25-8-9-28-29(13-25)48-19-47-28)36-14-30(49-32(40)15-39)27(38-35(41)50-31-17-46-34-26(31)10-11-44-34)12-22-4-6-24(7-5-22)45-16-23-18-51-21(3)37-23/h4-9,13,18,20,26-27,30-31,33-34,36,39H,10-12,14-17,19H2,1-3H3,(H,38,41). The first-order chi connectivity index (χ1) is 25.0. The number of hydrogen-bond donors (Lipinski definition) is 3. The number of rotatable bonds is 16. The highest BCUT2D eigenvalue weighted by atomic mass is 32.2. The number of nitrogens with one attached hydrogen (secondary N) is 2. The molecule has 6 unspecified atom stereocenters. The molecule has 0 bridgehead atoms. The number of aromatic nitrogens is 1. The summed E-state index contributed by atoms with van der Waals surface area (Å²) < 4.78 is 67.1. The number of amides is 1. The van der Waals surface area contributed by atoms with Gasteiger partial charge in [0.25, 0.3) is 0 Å². The fourth-order valence-electron chi connectivity index (χ4n) is 6.36. The number of aryl methyl sites for hydroxylation is 1. The molecule has 1 amide bonds. The van der Waals surface area contributed by atoms with Crippen molar-refractivity contribution >= 4 is 33.2 Å². The van der Waals surface area contributed by atoms with Crippen LogP contribution in [0.4, 0.5) is 4.79 Å². The van der Waals surface area contributed by atoms with Crippen LogP contribution in [0.25, 0.3) is 0 Å². The van der Waals surface area contributed by atoms with Crippen molar-refractivity contribution in [3.8, 4) is 17.2 Å². The molecule has 17 heteroatoms. The van der Waals surface area contributed by atoms with Gasteiger partial charge in [-0.15, -0.1) is 11.3 Å². The summed E-state index contributed by atoms with van der Waals surface area (Å²) in [5.74, 6) is -0.138. The summed E-state index contributed by atoms with van der Waals surface area (Å²) in [5.41, 5.74) is 1.56. The normalized spacial score (nSPS) is 21.0. The van der Waals surface area contributed by atoms with Crippen LogP contribution in [0, 0.1) is 18.8 Å². The highest BCUT2D eigenvalue weighted by Crippen LogP contribution is 2.36. The molecule has 0 aliphatic carbocycles. The van der Waals surface area contributed by atoms with Gasteiger partial charge in [0.15, 0.2) is 27.6 Å². The molecule has 6 rings (SSSR count). The van der Waals surface area contributed by atoms with E-state index in [9.17, 15) is 23.1 Å². The molecule has 3 aliphatic heterocycles. The van der Waals surface area contributed by atoms with E-state index in [0.717, 1.165) is 16.3 Å². The van der Waals surface area contributed by atoms with Crippen LogP contribution in [0.1, 0.15) is 36.5 Å². The number of fused-ring (bicyclic) bond motifs is 2. The highest BCUT2D eigenvalue weighted by Gasteiger charge is 2.44. The maximum atomic E-state index is 13.9. The summed E-state index contributed by atoms with van der Waals surface area (Å²) in [6, 6.07) is 10.6. The van der Waals surface area contributed by atoms with Gasteiger partial charge in [0.1, 0.15) is 36.5 Å². The zero-order valence-corrected chi connectivity index (χ0v) is 30.7. The number of nitrogens with zero attached hydrogens (tertiary/aromatic N) is 1. The number of esters is 1. The SMILES string of the molecule is Cc1nc(COc2ccc(CC(NC(=O)OC3COC4OCCC34)C(CNC(C(C)C)S(=O)(=O)c3ccc4c(c3)OCO4)OC(=O)CO)cc2)cs1. The van der Waals surface area contributed by atoms with Crippen molar-refractivity contribution in [1.82, 2.24) is 15.6 Å². The van der Waals surface area contributed by atoms with Crippen LogP contribution >= 0.6 is 11.3 Å². The lowest BCUT2D eigenvalue weighted by Crippen LogP contribution is -2.54. The molecule has 0 saturated carbocycles. The molecule has 52 heavy (non-hydrogen) atoms. The quantitative estimate of drug-likeness (QED) is 0.181. The summed E-state index contributed by atoms with van der Waals surface area (Å²) in [6.07, 6.45) is -2.08. The Morgan fingerprint density at radius 1 is 1.10 bits per heavy atom. The van der Waals surface area contributed by atoms with Crippen LogP contribution in [-0.4, -0.2) is 93.6 Å².